The van der Waals surface area contributed by atoms with Crippen molar-refractivity contribution >= 4 is 16.1 Å². The van der Waals surface area contributed by atoms with Gasteiger partial charge < -0.3 is 20.3 Å². The van der Waals surface area contributed by atoms with Crippen molar-refractivity contribution in [1.82, 2.24) is 9.62 Å². The van der Waals surface area contributed by atoms with Gasteiger partial charge in [-0.3, -0.25) is 0 Å². The number of hydrogen-bond acceptors (Lipinski definition) is 5. The number of ether oxygens (including phenoxy) is 1. The van der Waals surface area contributed by atoms with Gasteiger partial charge in [-0.2, -0.15) is 4.31 Å². The first-order valence-electron chi connectivity index (χ1n) is 7.95. The second-order valence-corrected chi connectivity index (χ2v) is 7.99. The van der Waals surface area contributed by atoms with Crippen molar-refractivity contribution in [2.24, 2.45) is 5.92 Å². The Labute approximate surface area is 148 Å². The van der Waals surface area contributed by atoms with Gasteiger partial charge >= 0.3 is 6.09 Å². The van der Waals surface area contributed by atoms with Gasteiger partial charge in [0.2, 0.25) is 10.0 Å². The van der Waals surface area contributed by atoms with E-state index < -0.39 is 28.8 Å². The summed E-state index contributed by atoms with van der Waals surface area (Å²) in [6.45, 7) is 3.78. The summed E-state index contributed by atoms with van der Waals surface area (Å²) in [7, 11) is -2.23. The molecule has 1 atom stereocenters. The molecule has 0 unspecified atom stereocenters. The Balaban J connectivity index is 2.96. The van der Waals surface area contributed by atoms with Crippen molar-refractivity contribution in [2.75, 3.05) is 26.8 Å². The van der Waals surface area contributed by atoms with Crippen LogP contribution in [0.15, 0.2) is 29.2 Å². The summed E-state index contributed by atoms with van der Waals surface area (Å²) < 4.78 is 32.1. The average Bonchev–Trinajstić information content (AvgIpc) is 2.56. The first-order chi connectivity index (χ1) is 11.7. The Morgan fingerprint density at radius 3 is 2.32 bits per heavy atom. The molecule has 8 nitrogen and oxygen atoms in total. The zero-order chi connectivity index (χ0) is 19.0. The lowest BCUT2D eigenvalue weighted by atomic mass is 10.2. The van der Waals surface area contributed by atoms with Crippen molar-refractivity contribution in [3.63, 3.8) is 0 Å². The van der Waals surface area contributed by atoms with Crippen LogP contribution in [0, 0.1) is 5.92 Å². The van der Waals surface area contributed by atoms with Crippen LogP contribution in [-0.4, -0.2) is 61.9 Å². The number of amides is 1. The van der Waals surface area contributed by atoms with Crippen LogP contribution in [0.4, 0.5) is 4.79 Å². The van der Waals surface area contributed by atoms with Crippen LogP contribution in [-0.2, 0) is 10.0 Å². The highest BCUT2D eigenvalue weighted by atomic mass is 32.2. The number of carbonyl (C=O) groups is 1. The second-order valence-electron chi connectivity index (χ2n) is 6.05. The molecule has 9 heteroatoms. The third-order valence-electron chi connectivity index (χ3n) is 3.54. The van der Waals surface area contributed by atoms with Crippen LogP contribution >= 0.6 is 0 Å². The molecule has 0 aromatic heterocycles. The zero-order valence-electron chi connectivity index (χ0n) is 14.7. The van der Waals surface area contributed by atoms with E-state index >= 15 is 0 Å². The fourth-order valence-corrected chi connectivity index (χ4v) is 3.92. The molecule has 1 rings (SSSR count). The van der Waals surface area contributed by atoms with E-state index in [2.05, 4.69) is 5.32 Å². The Hall–Kier alpha value is -1.84. The van der Waals surface area contributed by atoms with Crippen LogP contribution in [0.5, 0.6) is 5.75 Å². The van der Waals surface area contributed by atoms with E-state index in [1.54, 1.807) is 12.1 Å². The van der Waals surface area contributed by atoms with Gasteiger partial charge in [0.25, 0.3) is 0 Å². The smallest absolute Gasteiger partial charge is 0.404 e. The molecule has 142 valence electrons. The molecular formula is C16H26N2O6S. The molecule has 0 aliphatic heterocycles. The molecule has 0 aliphatic rings. The van der Waals surface area contributed by atoms with Crippen molar-refractivity contribution in [2.45, 2.75) is 31.2 Å². The highest BCUT2D eigenvalue weighted by Gasteiger charge is 2.26. The lowest BCUT2D eigenvalue weighted by Gasteiger charge is -2.26. The Morgan fingerprint density at radius 2 is 1.88 bits per heavy atom. The van der Waals surface area contributed by atoms with Crippen LogP contribution in [0.2, 0.25) is 0 Å². The molecule has 25 heavy (non-hydrogen) atoms. The third kappa shape index (κ3) is 6.52. The minimum absolute atomic E-state index is 0.0908. The summed E-state index contributed by atoms with van der Waals surface area (Å²) in [4.78, 5) is 10.8. The SMILES string of the molecule is COc1ccc(S(=O)(=O)N(CC[C@H](CO)NC(=O)O)CC(C)C)cc1. The van der Waals surface area contributed by atoms with Crippen LogP contribution in [0.3, 0.4) is 0 Å². The summed E-state index contributed by atoms with van der Waals surface area (Å²) in [6, 6.07) is 5.37. The minimum Gasteiger partial charge on any atom is -0.497 e. The van der Waals surface area contributed by atoms with E-state index in [9.17, 15) is 18.3 Å². The Kier molecular flexibility index (Phi) is 8.14. The predicted octanol–water partition coefficient (Wildman–Crippen LogP) is 1.36. The number of hydrogen-bond donors (Lipinski definition) is 3. The fourth-order valence-electron chi connectivity index (χ4n) is 2.30. The molecule has 0 fully saturated rings. The predicted molar refractivity (Wildman–Crippen MR) is 93.2 cm³/mol. The van der Waals surface area contributed by atoms with E-state index in [0.717, 1.165) is 0 Å². The van der Waals surface area contributed by atoms with E-state index in [1.165, 1.54) is 23.5 Å². The highest BCUT2D eigenvalue weighted by molar-refractivity contribution is 7.89. The first-order valence-corrected chi connectivity index (χ1v) is 9.39. The van der Waals surface area contributed by atoms with Gasteiger partial charge in [-0.25, -0.2) is 13.2 Å². The molecule has 0 saturated heterocycles. The maximum Gasteiger partial charge on any atom is 0.404 e. The van der Waals surface area contributed by atoms with Gasteiger partial charge in [0.1, 0.15) is 5.75 Å². The van der Waals surface area contributed by atoms with E-state index in [1.807, 2.05) is 13.8 Å². The molecule has 3 N–H and O–H groups in total. The Bertz CT molecular complexity index is 645. The lowest BCUT2D eigenvalue weighted by Crippen LogP contribution is -2.42. The summed E-state index contributed by atoms with van der Waals surface area (Å²) >= 11 is 0. The summed E-state index contributed by atoms with van der Waals surface area (Å²) in [5.74, 6) is 0.647. The maximum atomic E-state index is 12.9. The van der Waals surface area contributed by atoms with Crippen molar-refractivity contribution in [3.8, 4) is 5.75 Å². The summed E-state index contributed by atoms with van der Waals surface area (Å²) in [6.07, 6.45) is -1.09. The standard InChI is InChI=1S/C16H26N2O6S/c1-12(2)10-18(9-8-13(11-19)17-16(20)21)25(22,23)15-6-4-14(24-3)5-7-15/h4-7,12-13,17,19H,8-11H2,1-3H3,(H,20,21)/t13-/m1/s1. The summed E-state index contributed by atoms with van der Waals surface area (Å²) in [5.41, 5.74) is 0. The quantitative estimate of drug-likeness (QED) is 0.569. The zero-order valence-corrected chi connectivity index (χ0v) is 15.5. The number of nitrogens with zero attached hydrogens (tertiary/aromatic N) is 1. The number of aliphatic hydroxyl groups excluding tert-OH is 1. The van der Waals surface area contributed by atoms with E-state index in [4.69, 9.17) is 9.84 Å². The lowest BCUT2D eigenvalue weighted by molar-refractivity contribution is 0.173. The van der Waals surface area contributed by atoms with Gasteiger partial charge in [-0.05, 0) is 36.6 Å². The molecular weight excluding hydrogens is 348 g/mol. The van der Waals surface area contributed by atoms with Crippen molar-refractivity contribution in [3.05, 3.63) is 24.3 Å². The molecule has 1 aromatic carbocycles. The summed E-state index contributed by atoms with van der Waals surface area (Å²) in [5, 5.41) is 20.2. The monoisotopic (exact) mass is 374 g/mol. The van der Waals surface area contributed by atoms with Gasteiger partial charge in [0.15, 0.2) is 0 Å². The van der Waals surface area contributed by atoms with Crippen LogP contribution in [0.1, 0.15) is 20.3 Å². The van der Waals surface area contributed by atoms with Crippen molar-refractivity contribution < 1.29 is 28.2 Å². The second kappa shape index (κ2) is 9.59. The van der Waals surface area contributed by atoms with Crippen LogP contribution in [0.25, 0.3) is 0 Å². The molecule has 1 aromatic rings. The van der Waals surface area contributed by atoms with Crippen LogP contribution < -0.4 is 10.1 Å². The first kappa shape index (κ1) is 21.2. The van der Waals surface area contributed by atoms with Gasteiger partial charge in [-0.15, -0.1) is 0 Å². The number of sulfonamides is 1. The number of methoxy groups -OCH3 is 1. The van der Waals surface area contributed by atoms with E-state index in [-0.39, 0.29) is 23.8 Å². The molecule has 0 aliphatic carbocycles. The number of benzene rings is 1. The number of carboxylic acid groups (broad SMARTS) is 1. The normalized spacial score (nSPS) is 13.0. The highest BCUT2D eigenvalue weighted by Crippen LogP contribution is 2.21. The molecule has 0 spiro atoms. The Morgan fingerprint density at radius 1 is 1.28 bits per heavy atom. The van der Waals surface area contributed by atoms with E-state index in [0.29, 0.717) is 12.3 Å². The van der Waals surface area contributed by atoms with Gasteiger partial charge in [0.05, 0.1) is 24.7 Å². The number of nitrogens with one attached hydrogen (secondary N) is 1. The average molecular weight is 374 g/mol. The molecule has 0 radical (unpaired) electrons. The maximum absolute atomic E-state index is 12.9. The molecule has 0 heterocycles. The number of rotatable bonds is 10. The third-order valence-corrected chi connectivity index (χ3v) is 5.42. The van der Waals surface area contributed by atoms with Gasteiger partial charge in [-0.1, -0.05) is 13.8 Å². The molecule has 1 amide bonds. The largest absolute Gasteiger partial charge is 0.497 e. The molecule has 0 saturated carbocycles. The van der Waals surface area contributed by atoms with Crippen molar-refractivity contribution in [1.29, 1.82) is 0 Å². The van der Waals surface area contributed by atoms with Gasteiger partial charge in [0, 0.05) is 13.1 Å². The number of aliphatic hydroxyl groups is 1. The molecule has 0 bridgehead atoms. The fraction of sp³-hybridized carbons (Fsp3) is 0.562. The topological polar surface area (TPSA) is 116 Å². The minimum atomic E-state index is -3.73.